The first-order valence-electron chi connectivity index (χ1n) is 7.20. The standard InChI is InChI=1S/C17H14ClN3O3/c1-10-15(21-8-7-12(18)9-13(21)19-10)16(22)20-14(17(23)24)11-5-3-2-4-6-11/h2-9,14H,1H3,(H,20,22)(H,23,24). The van der Waals surface area contributed by atoms with Crippen molar-refractivity contribution in [2.45, 2.75) is 13.0 Å². The highest BCUT2D eigenvalue weighted by Crippen LogP contribution is 2.18. The third kappa shape index (κ3) is 2.96. The Bertz CT molecular complexity index is 921. The first-order valence-corrected chi connectivity index (χ1v) is 7.58. The molecule has 0 aliphatic heterocycles. The summed E-state index contributed by atoms with van der Waals surface area (Å²) in [4.78, 5) is 28.5. The van der Waals surface area contributed by atoms with E-state index in [1.54, 1.807) is 60.0 Å². The number of nitrogens with one attached hydrogen (secondary N) is 1. The average Bonchev–Trinajstić information content (AvgIpc) is 2.87. The number of hydrogen-bond acceptors (Lipinski definition) is 3. The first kappa shape index (κ1) is 16.0. The minimum Gasteiger partial charge on any atom is -0.479 e. The van der Waals surface area contributed by atoms with Gasteiger partial charge < -0.3 is 10.4 Å². The molecule has 0 radical (unpaired) electrons. The number of imidazole rings is 1. The van der Waals surface area contributed by atoms with Crippen LogP contribution in [0.2, 0.25) is 5.02 Å². The van der Waals surface area contributed by atoms with Crippen LogP contribution in [0.1, 0.15) is 27.8 Å². The second-order valence-electron chi connectivity index (χ2n) is 5.27. The Hall–Kier alpha value is -2.86. The smallest absolute Gasteiger partial charge is 0.330 e. The van der Waals surface area contributed by atoms with Gasteiger partial charge in [-0.15, -0.1) is 0 Å². The lowest BCUT2D eigenvalue weighted by atomic mass is 10.1. The normalized spacial score (nSPS) is 12.1. The number of fused-ring (bicyclic) bond motifs is 1. The number of hydrogen-bond donors (Lipinski definition) is 2. The quantitative estimate of drug-likeness (QED) is 0.763. The largest absolute Gasteiger partial charge is 0.479 e. The fourth-order valence-corrected chi connectivity index (χ4v) is 2.70. The maximum absolute atomic E-state index is 12.6. The van der Waals surface area contributed by atoms with E-state index >= 15 is 0 Å². The number of pyridine rings is 1. The summed E-state index contributed by atoms with van der Waals surface area (Å²) in [6, 6.07) is 10.7. The molecule has 1 amide bonds. The minimum absolute atomic E-state index is 0.281. The van der Waals surface area contributed by atoms with Crippen LogP contribution in [0.5, 0.6) is 0 Å². The number of aliphatic carboxylic acids is 1. The SMILES string of the molecule is Cc1nc2cc(Cl)ccn2c1C(=O)NC(C(=O)O)c1ccccc1. The summed E-state index contributed by atoms with van der Waals surface area (Å²) in [7, 11) is 0. The summed E-state index contributed by atoms with van der Waals surface area (Å²) in [5, 5.41) is 12.5. The van der Waals surface area contributed by atoms with Gasteiger partial charge in [0.15, 0.2) is 6.04 Å². The third-order valence-electron chi connectivity index (χ3n) is 3.63. The molecule has 2 N–H and O–H groups in total. The van der Waals surface area contributed by atoms with Gasteiger partial charge in [-0.25, -0.2) is 9.78 Å². The molecule has 0 saturated heterocycles. The Labute approximate surface area is 142 Å². The number of aryl methyl sites for hydroxylation is 1. The van der Waals surface area contributed by atoms with Crippen molar-refractivity contribution in [1.29, 1.82) is 0 Å². The summed E-state index contributed by atoms with van der Waals surface area (Å²) in [5.41, 5.74) is 1.79. The zero-order valence-corrected chi connectivity index (χ0v) is 13.5. The van der Waals surface area contributed by atoms with Crippen molar-refractivity contribution in [3.8, 4) is 0 Å². The number of benzene rings is 1. The van der Waals surface area contributed by atoms with Crippen LogP contribution in [0.4, 0.5) is 0 Å². The van der Waals surface area contributed by atoms with Gasteiger partial charge in [-0.2, -0.15) is 0 Å². The number of halogens is 1. The molecule has 122 valence electrons. The van der Waals surface area contributed by atoms with E-state index in [1.807, 2.05) is 0 Å². The number of rotatable bonds is 4. The average molecular weight is 344 g/mol. The van der Waals surface area contributed by atoms with Crippen molar-refractivity contribution >= 4 is 29.1 Å². The molecular weight excluding hydrogens is 330 g/mol. The molecule has 0 fully saturated rings. The van der Waals surface area contributed by atoms with Crippen LogP contribution in [0, 0.1) is 6.92 Å². The number of amides is 1. The molecule has 2 heterocycles. The molecule has 3 aromatic rings. The number of aromatic nitrogens is 2. The van der Waals surface area contributed by atoms with Gasteiger partial charge in [0.05, 0.1) is 5.69 Å². The Morgan fingerprint density at radius 3 is 2.62 bits per heavy atom. The van der Waals surface area contributed by atoms with Crippen LogP contribution >= 0.6 is 11.6 Å². The van der Waals surface area contributed by atoms with E-state index in [9.17, 15) is 14.7 Å². The second-order valence-corrected chi connectivity index (χ2v) is 5.71. The van der Waals surface area contributed by atoms with Crippen molar-refractivity contribution in [3.63, 3.8) is 0 Å². The lowest BCUT2D eigenvalue weighted by molar-refractivity contribution is -0.139. The predicted molar refractivity (Wildman–Crippen MR) is 89.2 cm³/mol. The molecule has 1 unspecified atom stereocenters. The predicted octanol–water partition coefficient (Wildman–Crippen LogP) is 2.85. The molecule has 1 aromatic carbocycles. The number of nitrogens with zero attached hydrogens (tertiary/aromatic N) is 2. The van der Waals surface area contributed by atoms with Gasteiger partial charge in [0.1, 0.15) is 11.3 Å². The van der Waals surface area contributed by atoms with Crippen LogP contribution < -0.4 is 5.32 Å². The van der Waals surface area contributed by atoms with Gasteiger partial charge in [-0.1, -0.05) is 41.9 Å². The van der Waals surface area contributed by atoms with Crippen molar-refractivity contribution in [2.75, 3.05) is 0 Å². The maximum Gasteiger partial charge on any atom is 0.330 e. The molecule has 0 spiro atoms. The minimum atomic E-state index is -1.14. The molecule has 24 heavy (non-hydrogen) atoms. The van der Waals surface area contributed by atoms with Gasteiger partial charge in [0, 0.05) is 17.3 Å². The molecule has 0 saturated carbocycles. The van der Waals surface area contributed by atoms with E-state index in [0.29, 0.717) is 21.9 Å². The molecule has 1 atom stereocenters. The molecule has 0 aliphatic rings. The van der Waals surface area contributed by atoms with E-state index in [4.69, 9.17) is 11.6 Å². The fraction of sp³-hybridized carbons (Fsp3) is 0.118. The molecule has 3 rings (SSSR count). The lowest BCUT2D eigenvalue weighted by Gasteiger charge is -2.15. The second kappa shape index (κ2) is 6.33. The highest BCUT2D eigenvalue weighted by Gasteiger charge is 2.25. The summed E-state index contributed by atoms with van der Waals surface area (Å²) >= 11 is 5.93. The highest BCUT2D eigenvalue weighted by molar-refractivity contribution is 6.30. The molecule has 0 aliphatic carbocycles. The number of carbonyl (C=O) groups excluding carboxylic acids is 1. The first-order chi connectivity index (χ1) is 11.5. The zero-order valence-electron chi connectivity index (χ0n) is 12.7. The van der Waals surface area contributed by atoms with Crippen molar-refractivity contribution < 1.29 is 14.7 Å². The van der Waals surface area contributed by atoms with Gasteiger partial charge in [0.2, 0.25) is 0 Å². The fourth-order valence-electron chi connectivity index (χ4n) is 2.54. The van der Waals surface area contributed by atoms with E-state index in [0.717, 1.165) is 0 Å². The summed E-state index contributed by atoms with van der Waals surface area (Å²) in [6.07, 6.45) is 1.63. The Kier molecular flexibility index (Phi) is 4.22. The molecule has 2 aromatic heterocycles. The molecular formula is C17H14ClN3O3. The van der Waals surface area contributed by atoms with Crippen molar-refractivity contribution in [3.05, 3.63) is 70.6 Å². The van der Waals surface area contributed by atoms with E-state index in [-0.39, 0.29) is 5.69 Å². The van der Waals surface area contributed by atoms with Crippen LogP contribution in [-0.2, 0) is 4.79 Å². The zero-order chi connectivity index (χ0) is 17.3. The van der Waals surface area contributed by atoms with Crippen LogP contribution in [-0.4, -0.2) is 26.4 Å². The van der Waals surface area contributed by atoms with Gasteiger partial charge in [0.25, 0.3) is 5.91 Å². The Balaban J connectivity index is 1.97. The topological polar surface area (TPSA) is 83.7 Å². The van der Waals surface area contributed by atoms with Gasteiger partial charge in [-0.05, 0) is 18.6 Å². The Morgan fingerprint density at radius 1 is 1.25 bits per heavy atom. The lowest BCUT2D eigenvalue weighted by Crippen LogP contribution is -2.34. The van der Waals surface area contributed by atoms with Crippen LogP contribution in [0.25, 0.3) is 5.65 Å². The maximum atomic E-state index is 12.6. The molecule has 7 heteroatoms. The van der Waals surface area contributed by atoms with Crippen LogP contribution in [0.3, 0.4) is 0 Å². The number of carboxylic acid groups (broad SMARTS) is 1. The van der Waals surface area contributed by atoms with Crippen molar-refractivity contribution in [2.24, 2.45) is 0 Å². The number of carbonyl (C=O) groups is 2. The molecule has 6 nitrogen and oxygen atoms in total. The number of carboxylic acids is 1. The van der Waals surface area contributed by atoms with Crippen molar-refractivity contribution in [1.82, 2.24) is 14.7 Å². The summed E-state index contributed by atoms with van der Waals surface area (Å²) in [5.74, 6) is -1.65. The van der Waals surface area contributed by atoms with E-state index in [2.05, 4.69) is 10.3 Å². The van der Waals surface area contributed by atoms with Crippen LogP contribution in [0.15, 0.2) is 48.7 Å². The van der Waals surface area contributed by atoms with E-state index < -0.39 is 17.9 Å². The Morgan fingerprint density at radius 2 is 1.96 bits per heavy atom. The monoisotopic (exact) mass is 343 g/mol. The van der Waals surface area contributed by atoms with Gasteiger partial charge in [-0.3, -0.25) is 9.20 Å². The highest BCUT2D eigenvalue weighted by atomic mass is 35.5. The summed E-state index contributed by atoms with van der Waals surface area (Å²) < 4.78 is 1.58. The summed E-state index contributed by atoms with van der Waals surface area (Å²) in [6.45, 7) is 1.69. The molecule has 0 bridgehead atoms. The van der Waals surface area contributed by atoms with Gasteiger partial charge >= 0.3 is 5.97 Å². The third-order valence-corrected chi connectivity index (χ3v) is 3.87. The van der Waals surface area contributed by atoms with E-state index in [1.165, 1.54) is 0 Å².